The third-order valence-electron chi connectivity index (χ3n) is 4.09. The number of ketones is 1. The molecular formula is C14H21NO. The van der Waals surface area contributed by atoms with Crippen molar-refractivity contribution < 1.29 is 4.79 Å². The molecule has 88 valence electrons. The molecule has 0 atom stereocenters. The van der Waals surface area contributed by atoms with E-state index in [1.54, 1.807) is 0 Å². The molecule has 1 saturated carbocycles. The Hall–Kier alpha value is -0.810. The van der Waals surface area contributed by atoms with Crippen molar-refractivity contribution >= 4 is 5.78 Å². The van der Waals surface area contributed by atoms with Crippen LogP contribution in [-0.2, 0) is 4.79 Å². The summed E-state index contributed by atoms with van der Waals surface area (Å²) in [5.41, 5.74) is -0.125. The SMILES string of the molecule is CC#CCC(=O)C1(N2CCCC2)CCCC1. The number of likely N-dealkylation sites (tertiary alicyclic amines) is 1. The zero-order valence-corrected chi connectivity index (χ0v) is 10.2. The van der Waals surface area contributed by atoms with Gasteiger partial charge in [-0.25, -0.2) is 0 Å². The van der Waals surface area contributed by atoms with Gasteiger partial charge in [0, 0.05) is 0 Å². The van der Waals surface area contributed by atoms with Crippen molar-refractivity contribution in [3.8, 4) is 11.8 Å². The molecule has 0 aromatic rings. The summed E-state index contributed by atoms with van der Waals surface area (Å²) in [5, 5.41) is 0. The number of Topliss-reactive ketones (excluding diaryl/α,β-unsaturated/α-hetero) is 1. The van der Waals surface area contributed by atoms with E-state index in [2.05, 4.69) is 16.7 Å². The van der Waals surface area contributed by atoms with Crippen LogP contribution in [0.3, 0.4) is 0 Å². The van der Waals surface area contributed by atoms with Crippen LogP contribution in [0.5, 0.6) is 0 Å². The van der Waals surface area contributed by atoms with Crippen molar-refractivity contribution in [1.82, 2.24) is 4.90 Å². The summed E-state index contributed by atoms with van der Waals surface area (Å²) in [5.74, 6) is 6.16. The van der Waals surface area contributed by atoms with Crippen LogP contribution in [0.15, 0.2) is 0 Å². The van der Waals surface area contributed by atoms with E-state index < -0.39 is 0 Å². The lowest BCUT2D eigenvalue weighted by Crippen LogP contribution is -2.51. The van der Waals surface area contributed by atoms with Gasteiger partial charge in [0.2, 0.25) is 0 Å². The number of hydrogen-bond donors (Lipinski definition) is 0. The molecule has 2 rings (SSSR count). The zero-order valence-electron chi connectivity index (χ0n) is 10.2. The van der Waals surface area contributed by atoms with Crippen LogP contribution in [0.1, 0.15) is 51.9 Å². The average molecular weight is 219 g/mol. The lowest BCUT2D eigenvalue weighted by molar-refractivity contribution is -0.129. The van der Waals surface area contributed by atoms with Crippen molar-refractivity contribution in [3.05, 3.63) is 0 Å². The third kappa shape index (κ3) is 2.01. The minimum atomic E-state index is -0.125. The summed E-state index contributed by atoms with van der Waals surface area (Å²) in [7, 11) is 0. The zero-order chi connectivity index (χ0) is 11.4. The Balaban J connectivity index is 2.12. The number of carbonyl (C=O) groups excluding carboxylic acids is 1. The van der Waals surface area contributed by atoms with Crippen molar-refractivity contribution in [2.75, 3.05) is 13.1 Å². The van der Waals surface area contributed by atoms with Crippen LogP contribution in [0.4, 0.5) is 0 Å². The molecule has 2 heteroatoms. The van der Waals surface area contributed by atoms with E-state index >= 15 is 0 Å². The molecule has 2 fully saturated rings. The van der Waals surface area contributed by atoms with Gasteiger partial charge in [0.1, 0.15) is 0 Å². The lowest BCUT2D eigenvalue weighted by Gasteiger charge is -2.37. The Morgan fingerprint density at radius 2 is 1.81 bits per heavy atom. The van der Waals surface area contributed by atoms with Gasteiger partial charge in [0.15, 0.2) is 5.78 Å². The molecule has 0 aromatic carbocycles. The normalized spacial score (nSPS) is 24.1. The fourth-order valence-corrected chi connectivity index (χ4v) is 3.21. The van der Waals surface area contributed by atoms with E-state index in [0.29, 0.717) is 12.2 Å². The highest BCUT2D eigenvalue weighted by Crippen LogP contribution is 2.38. The van der Waals surface area contributed by atoms with Gasteiger partial charge >= 0.3 is 0 Å². The summed E-state index contributed by atoms with van der Waals surface area (Å²) in [6.07, 6.45) is 7.52. The molecule has 0 radical (unpaired) electrons. The summed E-state index contributed by atoms with van der Waals surface area (Å²) in [4.78, 5) is 14.8. The van der Waals surface area contributed by atoms with Gasteiger partial charge in [0.05, 0.1) is 12.0 Å². The molecule has 2 aliphatic rings. The Bertz CT molecular complexity index is 311. The fourth-order valence-electron chi connectivity index (χ4n) is 3.21. The van der Waals surface area contributed by atoms with Gasteiger partial charge < -0.3 is 0 Å². The van der Waals surface area contributed by atoms with Crippen LogP contribution >= 0.6 is 0 Å². The standard InChI is InChI=1S/C14H21NO/c1-2-3-8-13(16)14(9-4-5-10-14)15-11-6-7-12-15/h4-12H2,1H3. The van der Waals surface area contributed by atoms with E-state index in [4.69, 9.17) is 0 Å². The van der Waals surface area contributed by atoms with E-state index in [-0.39, 0.29) is 5.54 Å². The number of hydrogen-bond acceptors (Lipinski definition) is 2. The minimum absolute atomic E-state index is 0.125. The molecule has 1 aliphatic carbocycles. The highest BCUT2D eigenvalue weighted by Gasteiger charge is 2.45. The Morgan fingerprint density at radius 1 is 1.19 bits per heavy atom. The van der Waals surface area contributed by atoms with Crippen LogP contribution in [0.25, 0.3) is 0 Å². The molecule has 1 aliphatic heterocycles. The molecule has 0 aromatic heterocycles. The number of nitrogens with zero attached hydrogens (tertiary/aromatic N) is 1. The van der Waals surface area contributed by atoms with Gasteiger partial charge in [-0.1, -0.05) is 18.8 Å². The molecule has 1 saturated heterocycles. The first kappa shape index (κ1) is 11.7. The Kier molecular flexibility index (Phi) is 3.66. The first-order valence-electron chi connectivity index (χ1n) is 6.47. The topological polar surface area (TPSA) is 20.3 Å². The molecule has 0 unspecified atom stereocenters. The lowest BCUT2D eigenvalue weighted by atomic mass is 9.88. The van der Waals surface area contributed by atoms with Crippen molar-refractivity contribution in [3.63, 3.8) is 0 Å². The maximum atomic E-state index is 12.4. The molecule has 0 spiro atoms. The first-order valence-corrected chi connectivity index (χ1v) is 6.47. The monoisotopic (exact) mass is 219 g/mol. The second-order valence-electron chi connectivity index (χ2n) is 4.96. The third-order valence-corrected chi connectivity index (χ3v) is 4.09. The van der Waals surface area contributed by atoms with Crippen molar-refractivity contribution in [1.29, 1.82) is 0 Å². The van der Waals surface area contributed by atoms with Crippen LogP contribution in [-0.4, -0.2) is 29.3 Å². The summed E-state index contributed by atoms with van der Waals surface area (Å²) in [6, 6.07) is 0. The predicted molar refractivity (Wildman–Crippen MR) is 65.1 cm³/mol. The van der Waals surface area contributed by atoms with E-state index in [9.17, 15) is 4.79 Å². The van der Waals surface area contributed by atoms with Gasteiger partial charge in [-0.3, -0.25) is 9.69 Å². The van der Waals surface area contributed by atoms with Gasteiger partial charge in [-0.2, -0.15) is 0 Å². The quantitative estimate of drug-likeness (QED) is 0.679. The van der Waals surface area contributed by atoms with E-state index in [1.165, 1.54) is 25.7 Å². The Morgan fingerprint density at radius 3 is 2.38 bits per heavy atom. The number of rotatable bonds is 3. The number of carbonyl (C=O) groups is 1. The van der Waals surface area contributed by atoms with Crippen LogP contribution in [0, 0.1) is 11.8 Å². The van der Waals surface area contributed by atoms with Crippen molar-refractivity contribution in [2.24, 2.45) is 0 Å². The van der Waals surface area contributed by atoms with Gasteiger partial charge in [-0.05, 0) is 45.7 Å². The van der Waals surface area contributed by atoms with Crippen molar-refractivity contribution in [2.45, 2.75) is 57.4 Å². The maximum Gasteiger partial charge on any atom is 0.164 e. The summed E-state index contributed by atoms with van der Waals surface area (Å²) >= 11 is 0. The smallest absolute Gasteiger partial charge is 0.164 e. The van der Waals surface area contributed by atoms with Crippen LogP contribution in [0.2, 0.25) is 0 Å². The molecule has 1 heterocycles. The second-order valence-corrected chi connectivity index (χ2v) is 4.96. The molecule has 0 amide bonds. The largest absolute Gasteiger partial charge is 0.297 e. The second kappa shape index (κ2) is 5.01. The average Bonchev–Trinajstić information content (AvgIpc) is 2.95. The Labute approximate surface area is 98.4 Å². The fraction of sp³-hybridized carbons (Fsp3) is 0.786. The first-order chi connectivity index (χ1) is 7.79. The highest BCUT2D eigenvalue weighted by molar-refractivity contribution is 5.90. The molecular weight excluding hydrogens is 198 g/mol. The highest BCUT2D eigenvalue weighted by atomic mass is 16.1. The van der Waals surface area contributed by atoms with Gasteiger partial charge in [-0.15, -0.1) is 5.92 Å². The molecule has 16 heavy (non-hydrogen) atoms. The predicted octanol–water partition coefficient (Wildman–Crippen LogP) is 2.38. The summed E-state index contributed by atoms with van der Waals surface area (Å²) < 4.78 is 0. The minimum Gasteiger partial charge on any atom is -0.297 e. The molecule has 0 bridgehead atoms. The van der Waals surface area contributed by atoms with Crippen LogP contribution < -0.4 is 0 Å². The maximum absolute atomic E-state index is 12.4. The summed E-state index contributed by atoms with van der Waals surface area (Å²) in [6.45, 7) is 4.04. The molecule has 0 N–H and O–H groups in total. The van der Waals surface area contributed by atoms with Gasteiger partial charge in [0.25, 0.3) is 0 Å². The molecule has 2 nitrogen and oxygen atoms in total. The van der Waals surface area contributed by atoms with E-state index in [0.717, 1.165) is 25.9 Å². The van der Waals surface area contributed by atoms with E-state index in [1.807, 2.05) is 6.92 Å².